The van der Waals surface area contributed by atoms with Crippen LogP contribution >= 0.6 is 0 Å². The summed E-state index contributed by atoms with van der Waals surface area (Å²) in [6.07, 6.45) is 3.44. The molecule has 0 aliphatic carbocycles. The quantitative estimate of drug-likeness (QED) is 0.718. The number of urea groups is 1. The second kappa shape index (κ2) is 9.72. The lowest BCUT2D eigenvalue weighted by molar-refractivity contribution is -0.134. The zero-order valence-corrected chi connectivity index (χ0v) is 15.4. The van der Waals surface area contributed by atoms with Crippen LogP contribution in [0.4, 0.5) is 4.79 Å². The zero-order valence-electron chi connectivity index (χ0n) is 15.4. The van der Waals surface area contributed by atoms with Gasteiger partial charge in [-0.3, -0.25) is 24.7 Å². The summed E-state index contributed by atoms with van der Waals surface area (Å²) in [5, 5.41) is 4.97. The highest BCUT2D eigenvalue weighted by atomic mass is 16.2. The third-order valence-electron chi connectivity index (χ3n) is 4.57. The Bertz CT molecular complexity index is 469. The minimum absolute atomic E-state index is 0.00575. The largest absolute Gasteiger partial charge is 0.342 e. The monoisotopic (exact) mass is 353 g/mol. The van der Waals surface area contributed by atoms with Crippen LogP contribution in [0.3, 0.4) is 0 Å². The molecule has 2 heterocycles. The van der Waals surface area contributed by atoms with Gasteiger partial charge in [0.2, 0.25) is 11.8 Å². The highest BCUT2D eigenvalue weighted by molar-refractivity contribution is 5.95. The molecule has 0 atom stereocenters. The number of imide groups is 1. The molecule has 2 aliphatic rings. The Morgan fingerprint density at radius 2 is 1.40 bits per heavy atom. The maximum atomic E-state index is 12.3. The van der Waals surface area contributed by atoms with Gasteiger partial charge in [0.05, 0.1) is 13.1 Å². The van der Waals surface area contributed by atoms with E-state index in [4.69, 9.17) is 0 Å². The van der Waals surface area contributed by atoms with Crippen molar-refractivity contribution >= 4 is 17.8 Å². The van der Waals surface area contributed by atoms with E-state index in [0.717, 1.165) is 52.1 Å². The minimum atomic E-state index is -0.453. The Balaban J connectivity index is 1.64. The molecule has 2 rings (SSSR count). The smallest absolute Gasteiger partial charge is 0.321 e. The van der Waals surface area contributed by atoms with Gasteiger partial charge in [0.15, 0.2) is 0 Å². The van der Waals surface area contributed by atoms with E-state index < -0.39 is 6.03 Å². The van der Waals surface area contributed by atoms with Crippen LogP contribution in [0.15, 0.2) is 0 Å². The van der Waals surface area contributed by atoms with Gasteiger partial charge in [-0.05, 0) is 33.1 Å². The Morgan fingerprint density at radius 1 is 0.840 bits per heavy atom. The third-order valence-corrected chi connectivity index (χ3v) is 4.57. The second-order valence-corrected chi connectivity index (χ2v) is 7.17. The fourth-order valence-corrected chi connectivity index (χ4v) is 3.21. The molecule has 2 saturated heterocycles. The lowest BCUT2D eigenvalue weighted by Crippen LogP contribution is -2.53. The van der Waals surface area contributed by atoms with Crippen molar-refractivity contribution < 1.29 is 14.4 Å². The number of hydrogen-bond donors (Lipinski definition) is 2. The van der Waals surface area contributed by atoms with Crippen molar-refractivity contribution in [3.63, 3.8) is 0 Å². The van der Waals surface area contributed by atoms with Gasteiger partial charge >= 0.3 is 6.03 Å². The number of hydrogen-bond acceptors (Lipinski definition) is 5. The standard InChI is InChI=1S/C17H31N5O3/c1-14(2)18-17(25)19-15(23)12-20-8-10-21(11-9-20)13-16(24)22-6-4-3-5-7-22/h14H,3-13H2,1-2H3,(H2,18,19,23,25). The minimum Gasteiger partial charge on any atom is -0.342 e. The van der Waals surface area contributed by atoms with Crippen LogP contribution in [0, 0.1) is 0 Å². The van der Waals surface area contributed by atoms with Crippen molar-refractivity contribution in [3.05, 3.63) is 0 Å². The van der Waals surface area contributed by atoms with E-state index >= 15 is 0 Å². The van der Waals surface area contributed by atoms with Gasteiger partial charge in [0.25, 0.3) is 0 Å². The highest BCUT2D eigenvalue weighted by Gasteiger charge is 2.23. The van der Waals surface area contributed by atoms with Crippen molar-refractivity contribution in [2.24, 2.45) is 0 Å². The van der Waals surface area contributed by atoms with Gasteiger partial charge < -0.3 is 10.2 Å². The molecule has 2 N–H and O–H groups in total. The fourth-order valence-electron chi connectivity index (χ4n) is 3.21. The van der Waals surface area contributed by atoms with Crippen molar-refractivity contribution in [1.82, 2.24) is 25.3 Å². The van der Waals surface area contributed by atoms with E-state index in [9.17, 15) is 14.4 Å². The van der Waals surface area contributed by atoms with Gasteiger partial charge in [-0.2, -0.15) is 0 Å². The molecule has 25 heavy (non-hydrogen) atoms. The summed E-state index contributed by atoms with van der Waals surface area (Å²) in [5.74, 6) is -0.0766. The average molecular weight is 353 g/mol. The zero-order chi connectivity index (χ0) is 18.2. The van der Waals surface area contributed by atoms with E-state index in [-0.39, 0.29) is 24.4 Å². The maximum absolute atomic E-state index is 12.3. The molecule has 0 unspecified atom stereocenters. The van der Waals surface area contributed by atoms with E-state index in [1.54, 1.807) is 0 Å². The number of carbonyl (C=O) groups is 3. The van der Waals surface area contributed by atoms with Crippen LogP contribution < -0.4 is 10.6 Å². The van der Waals surface area contributed by atoms with Crippen LogP contribution in [-0.4, -0.2) is 90.9 Å². The summed E-state index contributed by atoms with van der Waals surface area (Å²) in [4.78, 5) is 41.8. The topological polar surface area (TPSA) is 85.0 Å². The molecule has 2 fully saturated rings. The van der Waals surface area contributed by atoms with Gasteiger partial charge in [-0.1, -0.05) is 0 Å². The molecule has 8 nitrogen and oxygen atoms in total. The van der Waals surface area contributed by atoms with Crippen molar-refractivity contribution in [2.45, 2.75) is 39.2 Å². The first-order valence-electron chi connectivity index (χ1n) is 9.27. The molecular weight excluding hydrogens is 322 g/mol. The predicted octanol–water partition coefficient (Wildman–Crippen LogP) is -0.149. The number of carbonyl (C=O) groups excluding carboxylic acids is 3. The first-order valence-corrected chi connectivity index (χ1v) is 9.27. The number of likely N-dealkylation sites (tertiary alicyclic amines) is 1. The molecule has 0 radical (unpaired) electrons. The van der Waals surface area contributed by atoms with Crippen LogP contribution in [-0.2, 0) is 9.59 Å². The molecule has 4 amide bonds. The van der Waals surface area contributed by atoms with Crippen LogP contribution in [0.2, 0.25) is 0 Å². The summed E-state index contributed by atoms with van der Waals surface area (Å²) in [7, 11) is 0. The summed E-state index contributed by atoms with van der Waals surface area (Å²) in [5.41, 5.74) is 0. The second-order valence-electron chi connectivity index (χ2n) is 7.17. The molecule has 0 aromatic rings. The normalized spacial score (nSPS) is 19.7. The predicted molar refractivity (Wildman–Crippen MR) is 95.1 cm³/mol. The van der Waals surface area contributed by atoms with Gasteiger partial charge in [-0.25, -0.2) is 4.79 Å². The number of rotatable bonds is 5. The number of nitrogens with zero attached hydrogens (tertiary/aromatic N) is 3. The van der Waals surface area contributed by atoms with E-state index in [2.05, 4.69) is 15.5 Å². The first kappa shape index (κ1) is 19.7. The Morgan fingerprint density at radius 3 is 1.96 bits per heavy atom. The molecule has 0 saturated carbocycles. The van der Waals surface area contributed by atoms with E-state index in [1.807, 2.05) is 23.6 Å². The molecular formula is C17H31N5O3. The van der Waals surface area contributed by atoms with Crippen LogP contribution in [0.25, 0.3) is 0 Å². The molecule has 8 heteroatoms. The maximum Gasteiger partial charge on any atom is 0.321 e. The summed E-state index contributed by atoms with van der Waals surface area (Å²) in [6.45, 7) is 9.13. The van der Waals surface area contributed by atoms with Crippen LogP contribution in [0.5, 0.6) is 0 Å². The van der Waals surface area contributed by atoms with Crippen molar-refractivity contribution in [3.8, 4) is 0 Å². The lowest BCUT2D eigenvalue weighted by atomic mass is 10.1. The van der Waals surface area contributed by atoms with Crippen LogP contribution in [0.1, 0.15) is 33.1 Å². The van der Waals surface area contributed by atoms with Gasteiger partial charge in [-0.15, -0.1) is 0 Å². The number of amides is 4. The fraction of sp³-hybridized carbons (Fsp3) is 0.824. The summed E-state index contributed by atoms with van der Waals surface area (Å²) >= 11 is 0. The molecule has 0 aromatic carbocycles. The van der Waals surface area contributed by atoms with E-state index in [1.165, 1.54) is 6.42 Å². The average Bonchev–Trinajstić information content (AvgIpc) is 2.56. The van der Waals surface area contributed by atoms with Crippen molar-refractivity contribution in [2.75, 3.05) is 52.4 Å². The Labute approximate surface area is 149 Å². The van der Waals surface area contributed by atoms with Gasteiger partial charge in [0.1, 0.15) is 0 Å². The summed E-state index contributed by atoms with van der Waals surface area (Å²) < 4.78 is 0. The molecule has 0 spiro atoms. The number of piperidine rings is 1. The third kappa shape index (κ3) is 6.99. The molecule has 2 aliphatic heterocycles. The number of piperazine rings is 1. The first-order chi connectivity index (χ1) is 11.9. The molecule has 0 bridgehead atoms. The SMILES string of the molecule is CC(C)NC(=O)NC(=O)CN1CCN(CC(=O)N2CCCCC2)CC1. The summed E-state index contributed by atoms with van der Waals surface area (Å²) in [6, 6.07) is -0.459. The molecule has 0 aromatic heterocycles. The van der Waals surface area contributed by atoms with E-state index in [0.29, 0.717) is 6.54 Å². The number of nitrogens with one attached hydrogen (secondary N) is 2. The van der Waals surface area contributed by atoms with Gasteiger partial charge in [0, 0.05) is 45.3 Å². The Hall–Kier alpha value is -1.67. The molecule has 142 valence electrons. The lowest BCUT2D eigenvalue weighted by Gasteiger charge is -2.35. The Kier molecular flexibility index (Phi) is 7.64. The van der Waals surface area contributed by atoms with Crippen molar-refractivity contribution in [1.29, 1.82) is 0 Å². The highest BCUT2D eigenvalue weighted by Crippen LogP contribution is 2.10.